The molecular weight excluding hydrogens is 450 g/mol. The Kier molecular flexibility index (Phi) is 5.29. The van der Waals surface area contributed by atoms with Gasteiger partial charge in [0.15, 0.2) is 34.5 Å². The first-order chi connectivity index (χ1) is 7.99. The molecule has 1 rings (SSSR count). The van der Waals surface area contributed by atoms with Crippen LogP contribution < -0.4 is 0 Å². The van der Waals surface area contributed by atoms with Crippen molar-refractivity contribution in [3.8, 4) is 11.5 Å². The Balaban J connectivity index is 3.68. The summed E-state index contributed by atoms with van der Waals surface area (Å²) in [5, 5.41) is 19.6. The minimum Gasteiger partial charge on any atom is -0.504 e. The fourth-order valence-corrected chi connectivity index (χ4v) is 2.99. The number of phenolic OH excluding ortho intramolecular Hbond substituents is 2. The molecule has 0 saturated heterocycles. The van der Waals surface area contributed by atoms with Crippen molar-refractivity contribution in [2.75, 3.05) is 0 Å². The molecule has 0 unspecified atom stereocenters. The lowest BCUT2D eigenvalue weighted by atomic mass is 9.95. The molecule has 0 aliphatic heterocycles. The summed E-state index contributed by atoms with van der Waals surface area (Å²) in [4.78, 5) is 11.6. The zero-order chi connectivity index (χ0) is 13.2. The highest BCUT2D eigenvalue weighted by atomic mass is 127. The molecule has 6 heteroatoms. The van der Waals surface area contributed by atoms with Crippen molar-refractivity contribution in [2.24, 2.45) is 0 Å². The highest BCUT2D eigenvalue weighted by molar-refractivity contribution is 14.1. The van der Waals surface area contributed by atoms with Gasteiger partial charge in [-0.05, 0) is 46.6 Å². The lowest BCUT2D eigenvalue weighted by Crippen LogP contribution is -2.08. The van der Waals surface area contributed by atoms with E-state index in [4.69, 9.17) is 0 Å². The molecule has 0 radical (unpaired) electrons. The van der Waals surface area contributed by atoms with E-state index in [1.54, 1.807) is 0 Å². The topological polar surface area (TPSA) is 66.8 Å². The van der Waals surface area contributed by atoms with Gasteiger partial charge in [-0.1, -0.05) is 13.8 Å². The molecule has 94 valence electrons. The van der Waals surface area contributed by atoms with Crippen LogP contribution in [0.5, 0.6) is 11.5 Å². The molecule has 0 amide bonds. The highest BCUT2D eigenvalue weighted by Gasteiger charge is 2.25. The summed E-state index contributed by atoms with van der Waals surface area (Å²) in [6.07, 6.45) is 1.27. The van der Waals surface area contributed by atoms with Crippen molar-refractivity contribution in [3.05, 3.63) is 20.3 Å². The fraction of sp³-hybridized carbons (Fsp3) is 0.364. The van der Waals surface area contributed by atoms with Crippen LogP contribution in [0.3, 0.4) is 0 Å². The van der Waals surface area contributed by atoms with E-state index in [1.165, 1.54) is 23.0 Å². The molecule has 0 aliphatic carbocycles. The standard InChI is InChI=1S/C11H12I2O4/c1-3-5-6(4-2)8(12)10(15)9(14)7(5)11(16)17-13/h14-15H,3-4H2,1-2H3. The summed E-state index contributed by atoms with van der Waals surface area (Å²) < 4.78 is 5.20. The van der Waals surface area contributed by atoms with Crippen molar-refractivity contribution in [1.82, 2.24) is 0 Å². The van der Waals surface area contributed by atoms with Crippen molar-refractivity contribution in [1.29, 1.82) is 0 Å². The van der Waals surface area contributed by atoms with E-state index in [9.17, 15) is 15.0 Å². The van der Waals surface area contributed by atoms with E-state index >= 15 is 0 Å². The first-order valence-electron chi connectivity index (χ1n) is 5.07. The van der Waals surface area contributed by atoms with Crippen LogP contribution in [0.1, 0.15) is 35.3 Å². The molecule has 0 fully saturated rings. The number of hydrogen-bond acceptors (Lipinski definition) is 4. The SMILES string of the molecule is CCc1c(I)c(O)c(O)c(C(=O)OI)c1CC. The fourth-order valence-electron chi connectivity index (χ4n) is 1.81. The summed E-state index contributed by atoms with van der Waals surface area (Å²) in [6.45, 7) is 3.83. The Morgan fingerprint density at radius 1 is 1.18 bits per heavy atom. The van der Waals surface area contributed by atoms with Gasteiger partial charge in [0.25, 0.3) is 0 Å². The zero-order valence-corrected chi connectivity index (χ0v) is 13.7. The zero-order valence-electron chi connectivity index (χ0n) is 9.38. The summed E-state index contributed by atoms with van der Waals surface area (Å²) in [7, 11) is 0. The van der Waals surface area contributed by atoms with Gasteiger partial charge in [-0.3, -0.25) is 0 Å². The normalized spacial score (nSPS) is 10.4. The molecule has 0 heterocycles. The first kappa shape index (κ1) is 14.8. The third kappa shape index (κ3) is 2.61. The van der Waals surface area contributed by atoms with Crippen molar-refractivity contribution in [3.63, 3.8) is 0 Å². The third-order valence-corrected chi connectivity index (χ3v) is 4.14. The van der Waals surface area contributed by atoms with Gasteiger partial charge in [0.05, 0.1) is 3.57 Å². The maximum absolute atomic E-state index is 11.6. The van der Waals surface area contributed by atoms with E-state index in [0.29, 0.717) is 16.4 Å². The summed E-state index contributed by atoms with van der Waals surface area (Å²) >= 11 is 3.43. The maximum atomic E-state index is 11.6. The molecule has 0 spiro atoms. The lowest BCUT2D eigenvalue weighted by molar-refractivity contribution is 0.0795. The Morgan fingerprint density at radius 2 is 1.71 bits per heavy atom. The van der Waals surface area contributed by atoms with Gasteiger partial charge in [0, 0.05) is 0 Å². The van der Waals surface area contributed by atoms with Crippen LogP contribution in [0, 0.1) is 3.57 Å². The number of rotatable bonds is 3. The smallest absolute Gasteiger partial charge is 0.351 e. The minimum atomic E-state index is -0.638. The van der Waals surface area contributed by atoms with Crippen LogP contribution in [0.2, 0.25) is 0 Å². The van der Waals surface area contributed by atoms with Gasteiger partial charge >= 0.3 is 5.97 Å². The van der Waals surface area contributed by atoms with Crippen LogP contribution in [-0.2, 0) is 15.9 Å². The molecule has 0 bridgehead atoms. The number of carbonyl (C=O) groups excluding carboxylic acids is 1. The quantitative estimate of drug-likeness (QED) is 0.535. The van der Waals surface area contributed by atoms with Crippen LogP contribution in [0.15, 0.2) is 0 Å². The highest BCUT2D eigenvalue weighted by Crippen LogP contribution is 2.40. The Morgan fingerprint density at radius 3 is 2.12 bits per heavy atom. The average molecular weight is 462 g/mol. The Labute approximate surface area is 127 Å². The van der Waals surface area contributed by atoms with Gasteiger partial charge in [-0.25, -0.2) is 4.79 Å². The molecule has 4 nitrogen and oxygen atoms in total. The van der Waals surface area contributed by atoms with Gasteiger partial charge in [0.2, 0.25) is 0 Å². The van der Waals surface area contributed by atoms with E-state index in [2.05, 4.69) is 3.07 Å². The van der Waals surface area contributed by atoms with Crippen molar-refractivity contribution < 1.29 is 18.1 Å². The number of hydrogen-bond donors (Lipinski definition) is 2. The van der Waals surface area contributed by atoms with E-state index in [1.807, 2.05) is 36.4 Å². The van der Waals surface area contributed by atoms with Crippen molar-refractivity contribution in [2.45, 2.75) is 26.7 Å². The molecule has 2 N–H and O–H groups in total. The number of benzene rings is 1. The second-order valence-corrected chi connectivity index (χ2v) is 4.93. The lowest BCUT2D eigenvalue weighted by Gasteiger charge is -2.16. The summed E-state index contributed by atoms with van der Waals surface area (Å²) in [5.74, 6) is -1.29. The number of phenols is 2. The molecule has 17 heavy (non-hydrogen) atoms. The predicted octanol–water partition coefficient (Wildman–Crippen LogP) is 3.33. The molecule has 0 atom stereocenters. The monoisotopic (exact) mass is 462 g/mol. The van der Waals surface area contributed by atoms with Crippen LogP contribution in [0.25, 0.3) is 0 Å². The summed E-state index contributed by atoms with van der Waals surface area (Å²) in [5.41, 5.74) is 1.67. The summed E-state index contributed by atoms with van der Waals surface area (Å²) in [6, 6.07) is 0. The number of aromatic hydroxyl groups is 2. The van der Waals surface area contributed by atoms with Gasteiger partial charge in [-0.2, -0.15) is 0 Å². The third-order valence-electron chi connectivity index (χ3n) is 2.58. The predicted molar refractivity (Wildman–Crippen MR) is 80.7 cm³/mol. The van der Waals surface area contributed by atoms with Crippen LogP contribution >= 0.6 is 45.6 Å². The number of halogens is 2. The molecule has 1 aromatic carbocycles. The molecule has 0 aromatic heterocycles. The second-order valence-electron chi connectivity index (χ2n) is 3.42. The minimum absolute atomic E-state index is 0.0664. The van der Waals surface area contributed by atoms with E-state index < -0.39 is 11.7 Å². The van der Waals surface area contributed by atoms with E-state index in [0.717, 1.165) is 11.1 Å². The Hall–Kier alpha value is -0.250. The second kappa shape index (κ2) is 6.07. The molecule has 0 saturated carbocycles. The number of carbonyl (C=O) groups is 1. The first-order valence-corrected chi connectivity index (χ1v) is 7.03. The molecule has 0 aliphatic rings. The van der Waals surface area contributed by atoms with Gasteiger partial charge < -0.3 is 13.3 Å². The van der Waals surface area contributed by atoms with Crippen molar-refractivity contribution >= 4 is 51.6 Å². The Bertz CT molecular complexity index is 458. The van der Waals surface area contributed by atoms with E-state index in [-0.39, 0.29) is 11.3 Å². The van der Waals surface area contributed by atoms with Gasteiger partial charge in [0.1, 0.15) is 5.56 Å². The largest absolute Gasteiger partial charge is 0.504 e. The molecular formula is C11H12I2O4. The average Bonchev–Trinajstić information content (AvgIpc) is 2.34. The van der Waals surface area contributed by atoms with Crippen LogP contribution in [0.4, 0.5) is 0 Å². The maximum Gasteiger partial charge on any atom is 0.351 e. The van der Waals surface area contributed by atoms with Gasteiger partial charge in [-0.15, -0.1) is 0 Å². The van der Waals surface area contributed by atoms with Crippen LogP contribution in [-0.4, -0.2) is 16.2 Å². The molecule has 1 aromatic rings.